The number of carboxylic acid groups (broad SMARTS) is 1. The molecular weight excluding hydrogens is 329 g/mol. The molecule has 0 bridgehead atoms. The molecule has 0 aromatic heterocycles. The molecule has 0 aliphatic carbocycles. The second kappa shape index (κ2) is 6.44. The average Bonchev–Trinajstić information content (AvgIpc) is 2.41. The molecule has 0 radical (unpaired) electrons. The highest BCUT2D eigenvalue weighted by atomic mass is 35.5. The van der Waals surface area contributed by atoms with Crippen molar-refractivity contribution in [3.63, 3.8) is 0 Å². The molecule has 0 saturated carbocycles. The van der Waals surface area contributed by atoms with E-state index in [1.54, 1.807) is 12.1 Å². The van der Waals surface area contributed by atoms with Gasteiger partial charge in [0.2, 0.25) is 0 Å². The van der Waals surface area contributed by atoms with Crippen molar-refractivity contribution in [3.05, 3.63) is 45.9 Å². The van der Waals surface area contributed by atoms with E-state index in [1.807, 2.05) is 0 Å². The number of aliphatic carboxylic acids is 1. The monoisotopic (exact) mass is 341 g/mol. The molecule has 1 unspecified atom stereocenters. The molecule has 2 aromatic carbocycles. The van der Waals surface area contributed by atoms with Crippen molar-refractivity contribution in [2.24, 2.45) is 5.73 Å². The van der Waals surface area contributed by atoms with E-state index >= 15 is 0 Å². The Balaban J connectivity index is 2.51. The summed E-state index contributed by atoms with van der Waals surface area (Å²) in [6, 6.07) is 6.12. The fourth-order valence-corrected chi connectivity index (χ4v) is 2.53. The molecule has 0 amide bonds. The molecule has 0 aliphatic heterocycles. The Morgan fingerprint density at radius 1 is 1.09 bits per heavy atom. The van der Waals surface area contributed by atoms with Crippen LogP contribution in [0.4, 0.5) is 0 Å². The predicted molar refractivity (Wildman–Crippen MR) is 84.5 cm³/mol. The van der Waals surface area contributed by atoms with E-state index in [0.717, 1.165) is 0 Å². The Bertz CT molecular complexity index is 713. The van der Waals surface area contributed by atoms with Crippen LogP contribution in [0.2, 0.25) is 10.0 Å². The third kappa shape index (κ3) is 3.62. The van der Waals surface area contributed by atoms with Crippen LogP contribution in [0.3, 0.4) is 0 Å². The molecule has 2 aromatic rings. The van der Waals surface area contributed by atoms with Gasteiger partial charge in [-0.2, -0.15) is 0 Å². The summed E-state index contributed by atoms with van der Waals surface area (Å²) < 4.78 is 0. The van der Waals surface area contributed by atoms with Gasteiger partial charge in [-0.15, -0.1) is 0 Å². The first-order valence-corrected chi connectivity index (χ1v) is 7.03. The normalized spacial score (nSPS) is 12.1. The molecule has 5 nitrogen and oxygen atoms in total. The summed E-state index contributed by atoms with van der Waals surface area (Å²) in [5.41, 5.74) is 7.02. The molecule has 0 aliphatic rings. The van der Waals surface area contributed by atoms with Crippen LogP contribution in [0, 0.1) is 0 Å². The Morgan fingerprint density at radius 3 is 2.23 bits per heavy atom. The first-order valence-electron chi connectivity index (χ1n) is 6.27. The molecule has 0 saturated heterocycles. The fraction of sp³-hybridized carbons (Fsp3) is 0.133. The van der Waals surface area contributed by atoms with Crippen LogP contribution in [0.1, 0.15) is 5.56 Å². The van der Waals surface area contributed by atoms with E-state index in [4.69, 9.17) is 34.0 Å². The maximum Gasteiger partial charge on any atom is 0.320 e. The summed E-state index contributed by atoms with van der Waals surface area (Å²) in [4.78, 5) is 10.8. The second-order valence-electron chi connectivity index (χ2n) is 4.83. The Hall–Kier alpha value is -1.95. The minimum Gasteiger partial charge on any atom is -0.508 e. The van der Waals surface area contributed by atoms with Gasteiger partial charge in [0.25, 0.3) is 0 Å². The van der Waals surface area contributed by atoms with E-state index in [9.17, 15) is 15.0 Å². The van der Waals surface area contributed by atoms with Crippen LogP contribution in [0.5, 0.6) is 11.5 Å². The van der Waals surface area contributed by atoms with E-state index in [1.165, 1.54) is 18.2 Å². The summed E-state index contributed by atoms with van der Waals surface area (Å²) in [6.45, 7) is 0. The van der Waals surface area contributed by atoms with Gasteiger partial charge in [-0.1, -0.05) is 23.2 Å². The quantitative estimate of drug-likeness (QED) is 0.684. The topological polar surface area (TPSA) is 104 Å². The first-order chi connectivity index (χ1) is 10.3. The van der Waals surface area contributed by atoms with E-state index in [2.05, 4.69) is 0 Å². The predicted octanol–water partition coefficient (Wildman–Crippen LogP) is 3.03. The first kappa shape index (κ1) is 16.4. The van der Waals surface area contributed by atoms with Gasteiger partial charge in [0.15, 0.2) is 0 Å². The fourth-order valence-electron chi connectivity index (χ4n) is 2.07. The zero-order valence-electron chi connectivity index (χ0n) is 11.3. The molecular formula is C15H13Cl2NO4. The van der Waals surface area contributed by atoms with E-state index in [0.29, 0.717) is 16.7 Å². The molecule has 5 N–H and O–H groups in total. The van der Waals surface area contributed by atoms with E-state index in [-0.39, 0.29) is 28.0 Å². The van der Waals surface area contributed by atoms with Crippen molar-refractivity contribution in [3.8, 4) is 22.6 Å². The zero-order chi connectivity index (χ0) is 16.4. The van der Waals surface area contributed by atoms with Gasteiger partial charge >= 0.3 is 5.97 Å². The summed E-state index contributed by atoms with van der Waals surface area (Å²) in [7, 11) is 0. The molecule has 7 heteroatoms. The van der Waals surface area contributed by atoms with Crippen molar-refractivity contribution in [1.82, 2.24) is 0 Å². The minimum absolute atomic E-state index is 0.0734. The number of aromatic hydroxyl groups is 2. The molecule has 0 fully saturated rings. The van der Waals surface area contributed by atoms with Crippen LogP contribution in [0.15, 0.2) is 30.3 Å². The van der Waals surface area contributed by atoms with Crippen LogP contribution >= 0.6 is 23.2 Å². The van der Waals surface area contributed by atoms with Gasteiger partial charge in [0.05, 0.1) is 10.0 Å². The highest BCUT2D eigenvalue weighted by Crippen LogP contribution is 2.37. The summed E-state index contributed by atoms with van der Waals surface area (Å²) >= 11 is 12.2. The lowest BCUT2D eigenvalue weighted by Gasteiger charge is -2.12. The summed E-state index contributed by atoms with van der Waals surface area (Å²) in [6.07, 6.45) is 0.0734. The van der Waals surface area contributed by atoms with Gasteiger partial charge in [0, 0.05) is 11.6 Å². The smallest absolute Gasteiger partial charge is 0.320 e. The number of halogens is 2. The summed E-state index contributed by atoms with van der Waals surface area (Å²) in [5, 5.41) is 28.5. The maximum absolute atomic E-state index is 10.8. The molecule has 2 rings (SSSR count). The lowest BCUT2D eigenvalue weighted by Crippen LogP contribution is -2.32. The van der Waals surface area contributed by atoms with Crippen LogP contribution in [-0.2, 0) is 11.2 Å². The van der Waals surface area contributed by atoms with Gasteiger partial charge in [-0.05, 0) is 41.8 Å². The molecule has 116 valence electrons. The highest BCUT2D eigenvalue weighted by molar-refractivity contribution is 6.43. The Labute approximate surface area is 136 Å². The zero-order valence-corrected chi connectivity index (χ0v) is 12.8. The van der Waals surface area contributed by atoms with Gasteiger partial charge < -0.3 is 21.1 Å². The second-order valence-corrected chi connectivity index (χ2v) is 5.61. The number of carbonyl (C=O) groups is 1. The largest absolute Gasteiger partial charge is 0.508 e. The number of phenols is 2. The van der Waals surface area contributed by atoms with Crippen molar-refractivity contribution in [2.75, 3.05) is 0 Å². The lowest BCUT2D eigenvalue weighted by molar-refractivity contribution is -0.138. The molecule has 1 atom stereocenters. The third-order valence-corrected chi connectivity index (χ3v) is 3.88. The number of rotatable bonds is 4. The number of carboxylic acids is 1. The maximum atomic E-state index is 10.8. The number of hydrogen-bond donors (Lipinski definition) is 4. The third-order valence-electron chi connectivity index (χ3n) is 3.07. The van der Waals surface area contributed by atoms with E-state index < -0.39 is 12.0 Å². The standard InChI is InChI=1S/C15H13Cl2NO4/c16-12-2-7(3-13(18)15(21)22)1-11(14(12)17)8-4-9(19)6-10(20)5-8/h1-2,4-6,13,19-20H,3,18H2,(H,21,22). The van der Waals surface area contributed by atoms with Gasteiger partial charge in [0.1, 0.15) is 17.5 Å². The lowest BCUT2D eigenvalue weighted by atomic mass is 9.99. The van der Waals surface area contributed by atoms with Crippen molar-refractivity contribution < 1.29 is 20.1 Å². The van der Waals surface area contributed by atoms with Crippen LogP contribution < -0.4 is 5.73 Å². The Kier molecular flexibility index (Phi) is 4.81. The number of benzene rings is 2. The number of phenolic OH excluding ortho intramolecular Hbond substituents is 2. The Morgan fingerprint density at radius 2 is 1.68 bits per heavy atom. The highest BCUT2D eigenvalue weighted by Gasteiger charge is 2.16. The number of nitrogens with two attached hydrogens (primary N) is 1. The van der Waals surface area contributed by atoms with Crippen molar-refractivity contribution in [1.29, 1.82) is 0 Å². The molecule has 0 spiro atoms. The van der Waals surface area contributed by atoms with Crippen LogP contribution in [0.25, 0.3) is 11.1 Å². The van der Waals surface area contributed by atoms with Gasteiger partial charge in [-0.3, -0.25) is 4.79 Å². The van der Waals surface area contributed by atoms with Gasteiger partial charge in [-0.25, -0.2) is 0 Å². The molecule has 22 heavy (non-hydrogen) atoms. The SMILES string of the molecule is NC(Cc1cc(Cl)c(Cl)c(-c2cc(O)cc(O)c2)c1)C(=O)O. The number of hydrogen-bond acceptors (Lipinski definition) is 4. The minimum atomic E-state index is -1.12. The average molecular weight is 342 g/mol. The van der Waals surface area contributed by atoms with Crippen molar-refractivity contribution in [2.45, 2.75) is 12.5 Å². The van der Waals surface area contributed by atoms with Crippen LogP contribution in [-0.4, -0.2) is 27.3 Å². The van der Waals surface area contributed by atoms with Crippen molar-refractivity contribution >= 4 is 29.2 Å². The molecule has 0 heterocycles. The summed E-state index contributed by atoms with van der Waals surface area (Å²) in [5.74, 6) is -1.38.